The van der Waals surface area contributed by atoms with E-state index in [-0.39, 0.29) is 17.6 Å². The third-order valence-corrected chi connectivity index (χ3v) is 5.11. The summed E-state index contributed by atoms with van der Waals surface area (Å²) in [7, 11) is 0. The summed E-state index contributed by atoms with van der Waals surface area (Å²) in [5.74, 6) is -1.73. The van der Waals surface area contributed by atoms with Crippen molar-refractivity contribution < 1.29 is 18.5 Å². The van der Waals surface area contributed by atoms with Gasteiger partial charge in [0.05, 0.1) is 42.6 Å². The van der Waals surface area contributed by atoms with Crippen LogP contribution in [0.1, 0.15) is 6.92 Å². The Morgan fingerprint density at radius 2 is 1.88 bits per heavy atom. The van der Waals surface area contributed by atoms with Crippen LogP contribution in [0, 0.1) is 11.6 Å². The van der Waals surface area contributed by atoms with Crippen LogP contribution in [0.4, 0.5) is 20.2 Å². The van der Waals surface area contributed by atoms with Crippen molar-refractivity contribution in [2.45, 2.75) is 13.0 Å². The molecular weight excluding hydrogens is 360 g/mol. The highest BCUT2D eigenvalue weighted by molar-refractivity contribution is 6.33. The lowest BCUT2D eigenvalue weighted by molar-refractivity contribution is -0.914. The van der Waals surface area contributed by atoms with Gasteiger partial charge >= 0.3 is 0 Å². The molecule has 2 aromatic carbocycles. The highest BCUT2D eigenvalue weighted by Gasteiger charge is 2.30. The molecule has 2 aromatic rings. The van der Waals surface area contributed by atoms with E-state index in [1.54, 1.807) is 0 Å². The molecule has 0 unspecified atom stereocenters. The quantitative estimate of drug-likeness (QED) is 0.854. The molecule has 0 bridgehead atoms. The van der Waals surface area contributed by atoms with Gasteiger partial charge in [0.15, 0.2) is 6.04 Å². The number of rotatable bonds is 4. The van der Waals surface area contributed by atoms with Crippen LogP contribution in [0.3, 0.4) is 0 Å². The number of para-hydroxylation sites is 1. The SMILES string of the molecule is C[C@H](C(=O)Nc1ccc(F)cc1F)[NH+]1CCN(c2ccccc2Cl)CC1. The molecule has 0 aromatic heterocycles. The number of piperazine rings is 1. The van der Waals surface area contributed by atoms with Gasteiger partial charge in [0.25, 0.3) is 5.91 Å². The van der Waals surface area contributed by atoms with Gasteiger partial charge < -0.3 is 15.1 Å². The third-order valence-electron chi connectivity index (χ3n) is 4.79. The number of amides is 1. The van der Waals surface area contributed by atoms with Crippen LogP contribution in [0.25, 0.3) is 0 Å². The summed E-state index contributed by atoms with van der Waals surface area (Å²) in [6, 6.07) is 10.5. The number of quaternary nitrogens is 1. The van der Waals surface area contributed by atoms with E-state index in [4.69, 9.17) is 11.6 Å². The molecule has 0 saturated carbocycles. The van der Waals surface area contributed by atoms with Crippen molar-refractivity contribution in [2.24, 2.45) is 0 Å². The largest absolute Gasteiger partial charge is 0.359 e. The molecule has 138 valence electrons. The van der Waals surface area contributed by atoms with Gasteiger partial charge in [-0.2, -0.15) is 0 Å². The maximum absolute atomic E-state index is 13.7. The molecule has 4 nitrogen and oxygen atoms in total. The van der Waals surface area contributed by atoms with Crippen molar-refractivity contribution in [3.63, 3.8) is 0 Å². The van der Waals surface area contributed by atoms with E-state index < -0.39 is 11.6 Å². The van der Waals surface area contributed by atoms with Gasteiger partial charge in [-0.3, -0.25) is 4.79 Å². The molecule has 0 radical (unpaired) electrons. The minimum atomic E-state index is -0.774. The number of anilines is 2. The van der Waals surface area contributed by atoms with Crippen LogP contribution >= 0.6 is 11.6 Å². The highest BCUT2D eigenvalue weighted by atomic mass is 35.5. The van der Waals surface area contributed by atoms with Crippen LogP contribution in [0.5, 0.6) is 0 Å². The van der Waals surface area contributed by atoms with Crippen molar-refractivity contribution in [3.8, 4) is 0 Å². The smallest absolute Gasteiger partial charge is 0.282 e. The maximum atomic E-state index is 13.7. The summed E-state index contributed by atoms with van der Waals surface area (Å²) in [6.07, 6.45) is 0. The minimum absolute atomic E-state index is 0.00245. The fourth-order valence-corrected chi connectivity index (χ4v) is 3.45. The Hall–Kier alpha value is -2.18. The van der Waals surface area contributed by atoms with E-state index in [2.05, 4.69) is 10.2 Å². The molecule has 1 amide bonds. The lowest BCUT2D eigenvalue weighted by Gasteiger charge is -2.36. The molecule has 1 fully saturated rings. The summed E-state index contributed by atoms with van der Waals surface area (Å²) in [6.45, 7) is 4.91. The first kappa shape index (κ1) is 18.6. The predicted molar refractivity (Wildman–Crippen MR) is 98.8 cm³/mol. The molecule has 1 aliphatic heterocycles. The molecule has 2 N–H and O–H groups in total. The number of nitrogens with one attached hydrogen (secondary N) is 2. The first-order valence-electron chi connectivity index (χ1n) is 8.55. The van der Waals surface area contributed by atoms with E-state index in [9.17, 15) is 13.6 Å². The molecule has 1 saturated heterocycles. The second-order valence-corrected chi connectivity index (χ2v) is 6.84. The second-order valence-electron chi connectivity index (χ2n) is 6.43. The van der Waals surface area contributed by atoms with E-state index in [1.807, 2.05) is 31.2 Å². The zero-order chi connectivity index (χ0) is 18.7. The summed E-state index contributed by atoms with van der Waals surface area (Å²) in [5, 5.41) is 3.27. The van der Waals surface area contributed by atoms with Gasteiger partial charge in [-0.05, 0) is 31.2 Å². The van der Waals surface area contributed by atoms with Crippen LogP contribution in [-0.4, -0.2) is 38.1 Å². The highest BCUT2D eigenvalue weighted by Crippen LogP contribution is 2.24. The van der Waals surface area contributed by atoms with Crippen LogP contribution in [0.2, 0.25) is 5.02 Å². The van der Waals surface area contributed by atoms with Gasteiger partial charge in [-0.15, -0.1) is 0 Å². The summed E-state index contributed by atoms with van der Waals surface area (Å²) < 4.78 is 26.7. The zero-order valence-electron chi connectivity index (χ0n) is 14.4. The van der Waals surface area contributed by atoms with E-state index >= 15 is 0 Å². The van der Waals surface area contributed by atoms with Gasteiger partial charge in [-0.25, -0.2) is 8.78 Å². The molecular formula is C19H21ClF2N3O+. The number of nitrogens with zero attached hydrogens (tertiary/aromatic N) is 1. The summed E-state index contributed by atoms with van der Waals surface area (Å²) in [4.78, 5) is 15.8. The molecule has 0 aliphatic carbocycles. The average Bonchev–Trinajstić information content (AvgIpc) is 2.64. The van der Waals surface area contributed by atoms with E-state index in [1.165, 1.54) is 6.07 Å². The molecule has 3 rings (SSSR count). The molecule has 0 spiro atoms. The average molecular weight is 381 g/mol. The van der Waals surface area contributed by atoms with Gasteiger partial charge in [0.1, 0.15) is 11.6 Å². The number of carbonyl (C=O) groups excluding carboxylic acids is 1. The third kappa shape index (κ3) is 4.14. The second kappa shape index (κ2) is 8.01. The number of hydrogen-bond acceptors (Lipinski definition) is 2. The Labute approximate surface area is 156 Å². The first-order chi connectivity index (χ1) is 12.5. The number of halogens is 3. The Morgan fingerprint density at radius 3 is 2.54 bits per heavy atom. The lowest BCUT2D eigenvalue weighted by Crippen LogP contribution is -3.19. The van der Waals surface area contributed by atoms with Gasteiger partial charge in [0.2, 0.25) is 0 Å². The molecule has 1 atom stereocenters. The molecule has 26 heavy (non-hydrogen) atoms. The normalized spacial score (nSPS) is 16.4. The maximum Gasteiger partial charge on any atom is 0.282 e. The lowest BCUT2D eigenvalue weighted by atomic mass is 10.2. The number of benzene rings is 2. The summed E-state index contributed by atoms with van der Waals surface area (Å²) in [5.41, 5.74) is 0.996. The molecule has 1 heterocycles. The van der Waals surface area contributed by atoms with E-state index in [0.717, 1.165) is 48.9 Å². The van der Waals surface area contributed by atoms with Crippen molar-refractivity contribution in [1.82, 2.24) is 0 Å². The monoisotopic (exact) mass is 380 g/mol. The van der Waals surface area contributed by atoms with Crippen molar-refractivity contribution >= 4 is 28.9 Å². The van der Waals surface area contributed by atoms with E-state index in [0.29, 0.717) is 5.02 Å². The number of carbonyl (C=O) groups is 1. The zero-order valence-corrected chi connectivity index (χ0v) is 15.2. The topological polar surface area (TPSA) is 36.8 Å². The predicted octanol–water partition coefficient (Wildman–Crippen LogP) is 2.35. The minimum Gasteiger partial charge on any atom is -0.359 e. The standard InChI is InChI=1S/C19H20ClF2N3O/c1-13(19(26)23-17-7-6-14(21)12-16(17)22)24-8-10-25(11-9-24)18-5-3-2-4-15(18)20/h2-7,12-13H,8-11H2,1H3,(H,23,26)/p+1/t13-/m1/s1. The Morgan fingerprint density at radius 1 is 1.19 bits per heavy atom. The Bertz CT molecular complexity index is 794. The van der Waals surface area contributed by atoms with Crippen LogP contribution in [0.15, 0.2) is 42.5 Å². The van der Waals surface area contributed by atoms with Crippen LogP contribution < -0.4 is 15.1 Å². The fraction of sp³-hybridized carbons (Fsp3) is 0.316. The summed E-state index contributed by atoms with van der Waals surface area (Å²) >= 11 is 6.25. The number of hydrogen-bond donors (Lipinski definition) is 2. The molecule has 7 heteroatoms. The Balaban J connectivity index is 1.58. The van der Waals surface area contributed by atoms with Gasteiger partial charge in [0, 0.05) is 6.07 Å². The van der Waals surface area contributed by atoms with Crippen molar-refractivity contribution in [1.29, 1.82) is 0 Å². The molecule has 1 aliphatic rings. The van der Waals surface area contributed by atoms with Crippen molar-refractivity contribution in [3.05, 3.63) is 59.1 Å². The Kier molecular flexibility index (Phi) is 5.74. The fourth-order valence-electron chi connectivity index (χ4n) is 3.19. The van der Waals surface area contributed by atoms with Crippen molar-refractivity contribution in [2.75, 3.05) is 36.4 Å². The van der Waals surface area contributed by atoms with Gasteiger partial charge in [-0.1, -0.05) is 23.7 Å². The van der Waals surface area contributed by atoms with Crippen LogP contribution in [-0.2, 0) is 4.79 Å². The first-order valence-corrected chi connectivity index (χ1v) is 8.93.